The number of hydrogen-bond donors (Lipinski definition) is 1. The Balaban J connectivity index is 2.84. The molecule has 1 unspecified atom stereocenters. The van der Waals surface area contributed by atoms with Crippen molar-refractivity contribution in [1.82, 2.24) is 4.90 Å². The van der Waals surface area contributed by atoms with E-state index in [-0.39, 0.29) is 5.91 Å². The standard InChI is InChI=1S/C14H21ClN2O/c1-5-10(2)9-16-13-8-11(6-7-12(13)15)14(18)17(3)4/h6-8,10,16H,5,9H2,1-4H3. The Morgan fingerprint density at radius 2 is 2.11 bits per heavy atom. The summed E-state index contributed by atoms with van der Waals surface area (Å²) in [6.07, 6.45) is 1.11. The fourth-order valence-corrected chi connectivity index (χ4v) is 1.66. The molecule has 100 valence electrons. The first-order valence-electron chi connectivity index (χ1n) is 6.20. The second-order valence-corrected chi connectivity index (χ2v) is 5.20. The highest BCUT2D eigenvalue weighted by Gasteiger charge is 2.10. The summed E-state index contributed by atoms with van der Waals surface area (Å²) < 4.78 is 0. The molecule has 0 heterocycles. The van der Waals surface area contributed by atoms with Gasteiger partial charge in [-0.3, -0.25) is 4.79 Å². The maximum absolute atomic E-state index is 11.9. The highest BCUT2D eigenvalue weighted by molar-refractivity contribution is 6.33. The second kappa shape index (κ2) is 6.64. The van der Waals surface area contributed by atoms with Gasteiger partial charge >= 0.3 is 0 Å². The number of benzene rings is 1. The molecule has 4 heteroatoms. The molecule has 0 aliphatic carbocycles. The molecular formula is C14H21ClN2O. The van der Waals surface area contributed by atoms with Crippen LogP contribution in [0.5, 0.6) is 0 Å². The van der Waals surface area contributed by atoms with Gasteiger partial charge in [-0.1, -0.05) is 31.9 Å². The zero-order chi connectivity index (χ0) is 13.7. The largest absolute Gasteiger partial charge is 0.384 e. The summed E-state index contributed by atoms with van der Waals surface area (Å²) in [5.74, 6) is 0.563. The smallest absolute Gasteiger partial charge is 0.253 e. The number of halogens is 1. The van der Waals surface area contributed by atoms with Crippen molar-refractivity contribution >= 4 is 23.2 Å². The lowest BCUT2D eigenvalue weighted by atomic mass is 10.1. The minimum atomic E-state index is -0.0155. The van der Waals surface area contributed by atoms with E-state index >= 15 is 0 Å². The zero-order valence-electron chi connectivity index (χ0n) is 11.5. The van der Waals surface area contributed by atoms with Crippen LogP contribution < -0.4 is 5.32 Å². The van der Waals surface area contributed by atoms with Crippen LogP contribution in [0.15, 0.2) is 18.2 Å². The number of nitrogens with zero attached hydrogens (tertiary/aromatic N) is 1. The molecule has 0 saturated heterocycles. The summed E-state index contributed by atoms with van der Waals surface area (Å²) >= 11 is 6.12. The summed E-state index contributed by atoms with van der Waals surface area (Å²) in [4.78, 5) is 13.4. The van der Waals surface area contributed by atoms with Gasteiger partial charge < -0.3 is 10.2 Å². The van der Waals surface area contributed by atoms with Gasteiger partial charge in [0.15, 0.2) is 0 Å². The maximum atomic E-state index is 11.9. The third-order valence-corrected chi connectivity index (χ3v) is 3.29. The molecular weight excluding hydrogens is 248 g/mol. The van der Waals surface area contributed by atoms with Gasteiger partial charge in [0.25, 0.3) is 5.91 Å². The highest BCUT2D eigenvalue weighted by Crippen LogP contribution is 2.24. The summed E-state index contributed by atoms with van der Waals surface area (Å²) in [7, 11) is 3.48. The van der Waals surface area contributed by atoms with E-state index in [0.717, 1.165) is 18.7 Å². The lowest BCUT2D eigenvalue weighted by Crippen LogP contribution is -2.21. The Labute approximate surface area is 114 Å². The molecule has 0 radical (unpaired) electrons. The Kier molecular flexibility index (Phi) is 5.48. The summed E-state index contributed by atoms with van der Waals surface area (Å²) in [6, 6.07) is 5.32. The van der Waals surface area contributed by atoms with Gasteiger partial charge in [0.05, 0.1) is 10.7 Å². The molecule has 1 N–H and O–H groups in total. The number of carbonyl (C=O) groups excluding carboxylic acids is 1. The van der Waals surface area contributed by atoms with E-state index in [0.29, 0.717) is 16.5 Å². The fourth-order valence-electron chi connectivity index (χ4n) is 1.48. The van der Waals surface area contributed by atoms with Crippen molar-refractivity contribution in [2.45, 2.75) is 20.3 Å². The molecule has 1 amide bonds. The minimum absolute atomic E-state index is 0.0155. The molecule has 0 saturated carbocycles. The Morgan fingerprint density at radius 3 is 2.67 bits per heavy atom. The highest BCUT2D eigenvalue weighted by atomic mass is 35.5. The first kappa shape index (κ1) is 14.8. The molecule has 0 aliphatic heterocycles. The Morgan fingerprint density at radius 1 is 1.44 bits per heavy atom. The van der Waals surface area contributed by atoms with E-state index in [1.807, 2.05) is 6.07 Å². The van der Waals surface area contributed by atoms with Crippen molar-refractivity contribution in [1.29, 1.82) is 0 Å². The number of amides is 1. The lowest BCUT2D eigenvalue weighted by Gasteiger charge is -2.15. The van der Waals surface area contributed by atoms with Crippen LogP contribution in [0.25, 0.3) is 0 Å². The quantitative estimate of drug-likeness (QED) is 0.886. The molecule has 3 nitrogen and oxygen atoms in total. The first-order chi connectivity index (χ1) is 8.45. The van der Waals surface area contributed by atoms with Crippen molar-refractivity contribution in [3.8, 4) is 0 Å². The molecule has 0 fully saturated rings. The van der Waals surface area contributed by atoms with Crippen molar-refractivity contribution in [3.63, 3.8) is 0 Å². The topological polar surface area (TPSA) is 32.3 Å². The summed E-state index contributed by atoms with van der Waals surface area (Å²) in [5.41, 5.74) is 1.47. The molecule has 0 bridgehead atoms. The third-order valence-electron chi connectivity index (χ3n) is 2.96. The lowest BCUT2D eigenvalue weighted by molar-refractivity contribution is 0.0827. The molecule has 0 aromatic heterocycles. The van der Waals surface area contributed by atoms with Crippen LogP contribution in [-0.2, 0) is 0 Å². The van der Waals surface area contributed by atoms with Crippen LogP contribution in [0.4, 0.5) is 5.69 Å². The molecule has 18 heavy (non-hydrogen) atoms. The predicted molar refractivity (Wildman–Crippen MR) is 77.4 cm³/mol. The third kappa shape index (κ3) is 3.91. The monoisotopic (exact) mass is 268 g/mol. The molecule has 1 aromatic carbocycles. The van der Waals surface area contributed by atoms with Crippen molar-refractivity contribution in [2.75, 3.05) is 26.0 Å². The fraction of sp³-hybridized carbons (Fsp3) is 0.500. The Bertz CT molecular complexity index is 418. The van der Waals surface area contributed by atoms with Gasteiger partial charge in [-0.15, -0.1) is 0 Å². The van der Waals surface area contributed by atoms with Crippen LogP contribution >= 0.6 is 11.6 Å². The second-order valence-electron chi connectivity index (χ2n) is 4.79. The van der Waals surface area contributed by atoms with E-state index in [2.05, 4.69) is 19.2 Å². The van der Waals surface area contributed by atoms with E-state index in [4.69, 9.17) is 11.6 Å². The van der Waals surface area contributed by atoms with E-state index < -0.39 is 0 Å². The predicted octanol–water partition coefficient (Wildman–Crippen LogP) is 3.50. The van der Waals surface area contributed by atoms with Gasteiger partial charge in [0.2, 0.25) is 0 Å². The van der Waals surface area contributed by atoms with Crippen LogP contribution in [0.3, 0.4) is 0 Å². The average molecular weight is 269 g/mol. The van der Waals surface area contributed by atoms with Crippen LogP contribution in [0.1, 0.15) is 30.6 Å². The van der Waals surface area contributed by atoms with Crippen molar-refractivity contribution in [2.24, 2.45) is 5.92 Å². The first-order valence-corrected chi connectivity index (χ1v) is 6.58. The van der Waals surface area contributed by atoms with Crippen LogP contribution in [0.2, 0.25) is 5.02 Å². The number of anilines is 1. The number of hydrogen-bond acceptors (Lipinski definition) is 2. The molecule has 1 aromatic rings. The van der Waals surface area contributed by atoms with Gasteiger partial charge in [0.1, 0.15) is 0 Å². The number of nitrogens with one attached hydrogen (secondary N) is 1. The van der Waals surface area contributed by atoms with E-state index in [9.17, 15) is 4.79 Å². The normalized spacial score (nSPS) is 12.1. The maximum Gasteiger partial charge on any atom is 0.253 e. The summed E-state index contributed by atoms with van der Waals surface area (Å²) in [6.45, 7) is 5.19. The SMILES string of the molecule is CCC(C)CNc1cc(C(=O)N(C)C)ccc1Cl. The van der Waals surface area contributed by atoms with E-state index in [1.54, 1.807) is 31.1 Å². The molecule has 1 atom stereocenters. The number of rotatable bonds is 5. The van der Waals surface area contributed by atoms with Crippen LogP contribution in [-0.4, -0.2) is 31.4 Å². The molecule has 0 aliphatic rings. The van der Waals surface area contributed by atoms with Gasteiger partial charge in [0, 0.05) is 26.2 Å². The van der Waals surface area contributed by atoms with Crippen molar-refractivity contribution in [3.05, 3.63) is 28.8 Å². The Hall–Kier alpha value is -1.22. The van der Waals surface area contributed by atoms with Crippen molar-refractivity contribution < 1.29 is 4.79 Å². The minimum Gasteiger partial charge on any atom is -0.384 e. The van der Waals surface area contributed by atoms with Gasteiger partial charge in [-0.25, -0.2) is 0 Å². The number of carbonyl (C=O) groups is 1. The summed E-state index contributed by atoms with van der Waals surface area (Å²) in [5, 5.41) is 3.94. The average Bonchev–Trinajstić information content (AvgIpc) is 2.36. The molecule has 1 rings (SSSR count). The van der Waals surface area contributed by atoms with E-state index in [1.165, 1.54) is 0 Å². The van der Waals surface area contributed by atoms with Gasteiger partial charge in [-0.2, -0.15) is 0 Å². The van der Waals surface area contributed by atoms with Gasteiger partial charge in [-0.05, 0) is 24.1 Å². The molecule has 0 spiro atoms. The van der Waals surface area contributed by atoms with Crippen LogP contribution in [0, 0.1) is 5.92 Å². The zero-order valence-corrected chi connectivity index (χ0v) is 12.2.